The van der Waals surface area contributed by atoms with Gasteiger partial charge in [-0.3, -0.25) is 28.9 Å². The van der Waals surface area contributed by atoms with E-state index in [-0.39, 0.29) is 59.9 Å². The third kappa shape index (κ3) is 11.3. The summed E-state index contributed by atoms with van der Waals surface area (Å²) in [6.45, 7) is 10.8. The highest BCUT2D eigenvalue weighted by Gasteiger charge is 2.42. The summed E-state index contributed by atoms with van der Waals surface area (Å²) in [5.41, 5.74) is 1.18. The first kappa shape index (κ1) is 40.9. The molecule has 0 spiro atoms. The van der Waals surface area contributed by atoms with Gasteiger partial charge in [0, 0.05) is 37.9 Å². The van der Waals surface area contributed by atoms with Crippen LogP contribution in [-0.4, -0.2) is 95.9 Å². The number of nitrogens with zero attached hydrogens (tertiary/aromatic N) is 3. The van der Waals surface area contributed by atoms with Crippen molar-refractivity contribution in [2.24, 2.45) is 17.8 Å². The third-order valence-corrected chi connectivity index (χ3v) is 11.2. The lowest BCUT2D eigenvalue weighted by molar-refractivity contribution is -0.149. The van der Waals surface area contributed by atoms with E-state index in [0.717, 1.165) is 50.8 Å². The number of carbonyl (C=O) groups excluding carboxylic acids is 5. The van der Waals surface area contributed by atoms with E-state index in [1.165, 1.54) is 25.4 Å². The van der Waals surface area contributed by atoms with Crippen molar-refractivity contribution in [3.63, 3.8) is 0 Å². The van der Waals surface area contributed by atoms with Crippen LogP contribution in [0.1, 0.15) is 107 Å². The molecule has 4 rings (SSSR count). The van der Waals surface area contributed by atoms with Gasteiger partial charge in [0.15, 0.2) is 6.10 Å². The van der Waals surface area contributed by atoms with Crippen LogP contribution in [0, 0.1) is 17.8 Å². The van der Waals surface area contributed by atoms with E-state index in [9.17, 15) is 24.0 Å². The second-order valence-electron chi connectivity index (χ2n) is 14.6. The van der Waals surface area contributed by atoms with Crippen LogP contribution in [0.2, 0.25) is 0 Å². The summed E-state index contributed by atoms with van der Waals surface area (Å²) in [4.78, 5) is 74.3. The van der Waals surface area contributed by atoms with Gasteiger partial charge in [-0.1, -0.05) is 64.4 Å². The van der Waals surface area contributed by atoms with E-state index in [1.807, 2.05) is 44.2 Å². The fourth-order valence-corrected chi connectivity index (χ4v) is 8.06. The molecule has 3 amide bonds. The molecule has 2 N–H and O–H groups in total. The summed E-state index contributed by atoms with van der Waals surface area (Å²) in [5, 5.41) is 8.26. The minimum Gasteiger partial charge on any atom is -0.469 e. The zero-order valence-electron chi connectivity index (χ0n) is 31.8. The Kier molecular flexibility index (Phi) is 15.2. The number of thiazole rings is 1. The molecule has 286 valence electrons. The molecule has 1 saturated heterocycles. The third-order valence-electron chi connectivity index (χ3n) is 10.3. The van der Waals surface area contributed by atoms with Crippen molar-refractivity contribution in [2.75, 3.05) is 27.2 Å². The molecule has 0 bridgehead atoms. The molecule has 2 aromatic rings. The maximum Gasteiger partial charge on any atom is 0.308 e. The van der Waals surface area contributed by atoms with E-state index in [4.69, 9.17) is 9.47 Å². The second-order valence-corrected chi connectivity index (χ2v) is 15.5. The summed E-state index contributed by atoms with van der Waals surface area (Å²) in [6, 6.07) is 8.14. The highest BCUT2D eigenvalue weighted by molar-refractivity contribution is 7.09. The van der Waals surface area contributed by atoms with Gasteiger partial charge in [0.25, 0.3) is 5.91 Å². The number of hydrogen-bond acceptors (Lipinski definition) is 10. The highest BCUT2D eigenvalue weighted by Crippen LogP contribution is 2.36. The predicted molar refractivity (Wildman–Crippen MR) is 199 cm³/mol. The number of benzene rings is 1. The quantitative estimate of drug-likeness (QED) is 0.203. The number of rotatable bonds is 18. The topological polar surface area (TPSA) is 147 Å². The van der Waals surface area contributed by atoms with Gasteiger partial charge in [-0.2, -0.15) is 0 Å². The van der Waals surface area contributed by atoms with Crippen molar-refractivity contribution >= 4 is 41.0 Å². The van der Waals surface area contributed by atoms with Crippen molar-refractivity contribution in [3.8, 4) is 0 Å². The fraction of sp³-hybridized carbons (Fsp3) is 0.641. The molecule has 1 aliphatic heterocycles. The number of carbonyl (C=O) groups is 5. The molecule has 2 aliphatic rings. The number of aromatic nitrogens is 1. The van der Waals surface area contributed by atoms with Gasteiger partial charge < -0.3 is 25.0 Å². The Morgan fingerprint density at radius 1 is 1.02 bits per heavy atom. The first-order valence-corrected chi connectivity index (χ1v) is 19.6. The summed E-state index contributed by atoms with van der Waals surface area (Å²) in [7, 11) is 3.10. The number of methoxy groups -OCH3 is 1. The molecule has 1 aromatic heterocycles. The first-order chi connectivity index (χ1) is 24.8. The van der Waals surface area contributed by atoms with E-state index < -0.39 is 29.9 Å². The molecular formula is C39H57N5O7S. The predicted octanol–water partition coefficient (Wildman–Crippen LogP) is 4.93. The zero-order chi connectivity index (χ0) is 37.9. The van der Waals surface area contributed by atoms with Crippen LogP contribution in [0.4, 0.5) is 0 Å². The number of hydrogen-bond donors (Lipinski definition) is 2. The Balaban J connectivity index is 1.49. The number of ether oxygens (including phenoxy) is 2. The Morgan fingerprint density at radius 3 is 2.35 bits per heavy atom. The Morgan fingerprint density at radius 2 is 1.73 bits per heavy atom. The minimum absolute atomic E-state index is 0.0187. The Hall–Kier alpha value is -3.84. The molecule has 0 unspecified atom stereocenters. The van der Waals surface area contributed by atoms with Crippen molar-refractivity contribution in [1.29, 1.82) is 0 Å². The number of amides is 3. The van der Waals surface area contributed by atoms with Gasteiger partial charge in [0.2, 0.25) is 11.8 Å². The SMILES string of the molecule is CCN1CCCC[C@@H]1C(=O)N[C@H](C(=O)N(C)[C@H](C[C@@H](OC(C)=O)c1nc(C(=O)N[C@@H](Cc2ccccc2)C[C@H](C)C(=O)OC)cs1)C(C)C)C1CC1. The zero-order valence-corrected chi connectivity index (χ0v) is 32.6. The van der Waals surface area contributed by atoms with Crippen molar-refractivity contribution in [1.82, 2.24) is 25.4 Å². The summed E-state index contributed by atoms with van der Waals surface area (Å²) < 4.78 is 10.7. The first-order valence-electron chi connectivity index (χ1n) is 18.7. The number of esters is 2. The molecule has 1 aromatic carbocycles. The van der Waals surface area contributed by atoms with Gasteiger partial charge in [0.05, 0.1) is 19.1 Å². The van der Waals surface area contributed by atoms with Crippen LogP contribution in [0.5, 0.6) is 0 Å². The van der Waals surface area contributed by atoms with Gasteiger partial charge >= 0.3 is 11.9 Å². The summed E-state index contributed by atoms with van der Waals surface area (Å²) in [6.07, 6.45) is 4.95. The van der Waals surface area contributed by atoms with Gasteiger partial charge in [-0.15, -0.1) is 11.3 Å². The summed E-state index contributed by atoms with van der Waals surface area (Å²) in [5.74, 6) is -1.86. The number of likely N-dealkylation sites (N-methyl/N-ethyl adjacent to an activating group) is 2. The number of nitrogens with one attached hydrogen (secondary N) is 2. The van der Waals surface area contributed by atoms with Crippen LogP contribution in [0.15, 0.2) is 35.7 Å². The average molecular weight is 740 g/mol. The monoisotopic (exact) mass is 739 g/mol. The molecule has 12 nitrogen and oxygen atoms in total. The summed E-state index contributed by atoms with van der Waals surface area (Å²) >= 11 is 1.21. The molecule has 2 fully saturated rings. The van der Waals surface area contributed by atoms with E-state index in [1.54, 1.807) is 24.3 Å². The molecule has 6 atom stereocenters. The lowest BCUT2D eigenvalue weighted by Crippen LogP contribution is -2.57. The fourth-order valence-electron chi connectivity index (χ4n) is 7.22. The van der Waals surface area contributed by atoms with Gasteiger partial charge in [-0.05, 0) is 69.0 Å². The molecule has 13 heteroatoms. The maximum atomic E-state index is 14.1. The number of likely N-dealkylation sites (tertiary alicyclic amines) is 1. The molecule has 1 saturated carbocycles. The average Bonchev–Trinajstić information content (AvgIpc) is 3.85. The Labute approximate surface area is 312 Å². The maximum absolute atomic E-state index is 14.1. The van der Waals surface area contributed by atoms with Crippen LogP contribution >= 0.6 is 11.3 Å². The highest BCUT2D eigenvalue weighted by atomic mass is 32.1. The van der Waals surface area contributed by atoms with E-state index in [2.05, 4.69) is 27.4 Å². The van der Waals surface area contributed by atoms with E-state index in [0.29, 0.717) is 17.8 Å². The molecule has 1 aliphatic carbocycles. The lowest BCUT2D eigenvalue weighted by Gasteiger charge is -2.37. The largest absolute Gasteiger partial charge is 0.469 e. The standard InChI is InChI=1S/C39H57N5O7S/c1-8-44-19-13-12-16-31(44)36(47)42-34(28-17-18-28)38(48)43(6)32(24(2)3)22-33(51-26(5)45)37-41-30(23-52-37)35(46)40-29(20-25(4)39(49)50-7)21-27-14-10-9-11-15-27/h9-11,14-15,23-25,28-29,31-34H,8,12-13,16-22H2,1-7H3,(H,40,46)(H,42,47)/t25-,29+,31+,32+,33+,34-/m0/s1. The van der Waals surface area contributed by atoms with Crippen molar-refractivity contribution < 1.29 is 33.4 Å². The van der Waals surface area contributed by atoms with Crippen molar-refractivity contribution in [3.05, 3.63) is 52.0 Å². The van der Waals surface area contributed by atoms with Crippen LogP contribution < -0.4 is 10.6 Å². The van der Waals surface area contributed by atoms with Gasteiger partial charge in [-0.25, -0.2) is 4.98 Å². The molecule has 0 radical (unpaired) electrons. The minimum atomic E-state index is -0.805. The molecule has 2 heterocycles. The number of piperidine rings is 1. The molecule has 52 heavy (non-hydrogen) atoms. The van der Waals surface area contributed by atoms with Crippen LogP contribution in [0.25, 0.3) is 0 Å². The van der Waals surface area contributed by atoms with E-state index >= 15 is 0 Å². The van der Waals surface area contributed by atoms with Crippen LogP contribution in [-0.2, 0) is 35.1 Å². The smallest absolute Gasteiger partial charge is 0.308 e. The molecular weight excluding hydrogens is 683 g/mol. The van der Waals surface area contributed by atoms with Gasteiger partial charge in [0.1, 0.15) is 16.7 Å². The lowest BCUT2D eigenvalue weighted by atomic mass is 9.95. The normalized spacial score (nSPS) is 19.1. The van der Waals surface area contributed by atoms with Crippen molar-refractivity contribution in [2.45, 2.75) is 116 Å². The Bertz CT molecular complexity index is 1510. The second kappa shape index (κ2) is 19.3. The van der Waals surface area contributed by atoms with Crippen LogP contribution in [0.3, 0.4) is 0 Å².